The molecule has 9 heteroatoms. The van der Waals surface area contributed by atoms with Gasteiger partial charge in [-0.05, 0) is 89.3 Å². The lowest BCUT2D eigenvalue weighted by Gasteiger charge is -2.33. The van der Waals surface area contributed by atoms with Crippen molar-refractivity contribution in [2.24, 2.45) is 17.8 Å². The normalized spacial score (nSPS) is 14.5. The van der Waals surface area contributed by atoms with Crippen molar-refractivity contribution in [2.45, 2.75) is 105 Å². The van der Waals surface area contributed by atoms with E-state index in [1.54, 1.807) is 21.1 Å². The van der Waals surface area contributed by atoms with E-state index in [-0.39, 0.29) is 23.3 Å². The first kappa shape index (κ1) is 37.6. The van der Waals surface area contributed by atoms with Gasteiger partial charge in [0.05, 0.1) is 36.9 Å². The second kappa shape index (κ2) is 19.7. The third-order valence-electron chi connectivity index (χ3n) is 7.25. The molecule has 0 spiro atoms. The largest absolute Gasteiger partial charge is 0.493 e. The van der Waals surface area contributed by atoms with Gasteiger partial charge < -0.3 is 24.6 Å². The zero-order valence-corrected chi connectivity index (χ0v) is 27.4. The molecular weight excluding hydrogens is 536 g/mol. The maximum atomic E-state index is 12.7. The number of carbonyl (C=O) groups is 1. The minimum Gasteiger partial charge on any atom is -0.493 e. The number of amides is 1. The standard InChI is InChI=1S/C33H56N2O7/c1-10-11-16-34-32(38)24(4)27(22-36)31(37)28(35-42-33(5,6)7)21-26(23(2)3)19-25-14-15-29(40-9)30(20-25)41-18-13-12-17-39-8/h14-15,20,23-24,26,28,31,35,37H,10-13,16-19,21H2,1-9H3,(H,34,38)/t24-,26+,28+,31+/m1/s1. The van der Waals surface area contributed by atoms with Crippen molar-refractivity contribution < 1.29 is 33.7 Å². The zero-order chi connectivity index (χ0) is 31.7. The molecule has 3 N–H and O–H groups in total. The molecular formula is C33H56N2O7. The summed E-state index contributed by atoms with van der Waals surface area (Å²) in [5, 5.41) is 14.3. The number of aliphatic hydroxyl groups is 1. The molecule has 42 heavy (non-hydrogen) atoms. The molecule has 1 amide bonds. The number of nitrogens with one attached hydrogen (secondary N) is 2. The second-order valence-electron chi connectivity index (χ2n) is 12.3. The number of hydrogen-bond donors (Lipinski definition) is 3. The summed E-state index contributed by atoms with van der Waals surface area (Å²) in [5.41, 5.74) is 3.57. The number of ether oxygens (including phenoxy) is 3. The molecule has 1 rings (SSSR count). The zero-order valence-electron chi connectivity index (χ0n) is 27.4. The molecule has 0 radical (unpaired) electrons. The Morgan fingerprint density at radius 1 is 1.05 bits per heavy atom. The molecule has 0 unspecified atom stereocenters. The van der Waals surface area contributed by atoms with E-state index >= 15 is 0 Å². The van der Waals surface area contributed by atoms with E-state index in [0.717, 1.165) is 31.2 Å². The Morgan fingerprint density at radius 3 is 2.31 bits per heavy atom. The summed E-state index contributed by atoms with van der Waals surface area (Å²) in [6.45, 7) is 15.4. The SMILES string of the molecule is CCCCNC(=O)[C@H](C)C(=C=O)[C@H](O)[C@H](C[C@H](Cc1ccc(OC)c(OCCCCOC)c1)C(C)C)NOC(C)(C)C. The van der Waals surface area contributed by atoms with E-state index in [0.29, 0.717) is 44.1 Å². The van der Waals surface area contributed by atoms with Gasteiger partial charge in [-0.2, -0.15) is 5.48 Å². The Labute approximate surface area is 253 Å². The minimum atomic E-state index is -1.26. The Morgan fingerprint density at radius 2 is 1.74 bits per heavy atom. The van der Waals surface area contributed by atoms with Gasteiger partial charge in [-0.15, -0.1) is 0 Å². The first-order chi connectivity index (χ1) is 19.9. The molecule has 0 fully saturated rings. The Hall–Kier alpha value is -2.42. The van der Waals surface area contributed by atoms with Gasteiger partial charge in [0, 0.05) is 20.3 Å². The highest BCUT2D eigenvalue weighted by Gasteiger charge is 2.34. The third-order valence-corrected chi connectivity index (χ3v) is 7.25. The molecule has 240 valence electrons. The number of hydrogen-bond acceptors (Lipinski definition) is 8. The molecule has 0 aliphatic rings. The van der Waals surface area contributed by atoms with Crippen LogP contribution in [0.4, 0.5) is 0 Å². The van der Waals surface area contributed by atoms with Gasteiger partial charge in [0.1, 0.15) is 12.0 Å². The first-order valence-electron chi connectivity index (χ1n) is 15.3. The average molecular weight is 593 g/mol. The maximum Gasteiger partial charge on any atom is 0.227 e. The maximum absolute atomic E-state index is 12.7. The van der Waals surface area contributed by atoms with Crippen LogP contribution in [0.15, 0.2) is 23.8 Å². The summed E-state index contributed by atoms with van der Waals surface area (Å²) in [6, 6.07) is 5.30. The van der Waals surface area contributed by atoms with Gasteiger partial charge in [0.25, 0.3) is 0 Å². The van der Waals surface area contributed by atoms with Crippen LogP contribution in [-0.4, -0.2) is 68.7 Å². The van der Waals surface area contributed by atoms with Crippen LogP contribution < -0.4 is 20.3 Å². The predicted octanol–water partition coefficient (Wildman–Crippen LogP) is 5.07. The fourth-order valence-corrected chi connectivity index (χ4v) is 4.51. The number of benzene rings is 1. The van der Waals surface area contributed by atoms with E-state index in [2.05, 4.69) is 24.6 Å². The minimum absolute atomic E-state index is 0.00937. The number of rotatable bonds is 21. The fourth-order valence-electron chi connectivity index (χ4n) is 4.51. The first-order valence-corrected chi connectivity index (χ1v) is 15.3. The Kier molecular flexibility index (Phi) is 17.6. The Balaban J connectivity index is 3.18. The van der Waals surface area contributed by atoms with Crippen molar-refractivity contribution in [1.29, 1.82) is 0 Å². The molecule has 0 aliphatic heterocycles. The highest BCUT2D eigenvalue weighted by atomic mass is 16.7. The molecule has 4 atom stereocenters. The summed E-state index contributed by atoms with van der Waals surface area (Å²) >= 11 is 0. The van der Waals surface area contributed by atoms with Crippen LogP contribution in [-0.2, 0) is 25.6 Å². The molecule has 0 saturated heterocycles. The molecule has 9 nitrogen and oxygen atoms in total. The highest BCUT2D eigenvalue weighted by Crippen LogP contribution is 2.32. The number of hydroxylamine groups is 1. The predicted molar refractivity (Wildman–Crippen MR) is 166 cm³/mol. The van der Waals surface area contributed by atoms with Gasteiger partial charge >= 0.3 is 0 Å². The van der Waals surface area contributed by atoms with E-state index in [1.807, 2.05) is 51.8 Å². The van der Waals surface area contributed by atoms with Crippen LogP contribution in [0.25, 0.3) is 0 Å². The summed E-state index contributed by atoms with van der Waals surface area (Å²) in [4.78, 5) is 30.7. The van der Waals surface area contributed by atoms with Crippen LogP contribution in [0, 0.1) is 17.8 Å². The van der Waals surface area contributed by atoms with Crippen molar-refractivity contribution in [2.75, 3.05) is 34.0 Å². The number of carbonyl (C=O) groups excluding carboxylic acids is 2. The van der Waals surface area contributed by atoms with Crippen molar-refractivity contribution in [3.8, 4) is 11.5 Å². The van der Waals surface area contributed by atoms with Crippen LogP contribution in [0.2, 0.25) is 0 Å². The van der Waals surface area contributed by atoms with Crippen molar-refractivity contribution in [3.05, 3.63) is 29.3 Å². The summed E-state index contributed by atoms with van der Waals surface area (Å²) in [7, 11) is 3.31. The number of methoxy groups -OCH3 is 2. The molecule has 0 aromatic heterocycles. The lowest BCUT2D eigenvalue weighted by Crippen LogP contribution is -2.48. The van der Waals surface area contributed by atoms with Gasteiger partial charge in [-0.3, -0.25) is 9.63 Å². The summed E-state index contributed by atoms with van der Waals surface area (Å²) in [6.07, 6.45) is 3.50. The van der Waals surface area contributed by atoms with Crippen LogP contribution in [0.1, 0.15) is 86.1 Å². The van der Waals surface area contributed by atoms with Crippen molar-refractivity contribution in [1.82, 2.24) is 10.8 Å². The quantitative estimate of drug-likeness (QED) is 0.103. The molecule has 1 aromatic carbocycles. The fraction of sp³-hybridized carbons (Fsp3) is 0.727. The van der Waals surface area contributed by atoms with Crippen LogP contribution in [0.3, 0.4) is 0 Å². The number of aliphatic hydroxyl groups excluding tert-OH is 1. The van der Waals surface area contributed by atoms with E-state index < -0.39 is 23.7 Å². The second-order valence-corrected chi connectivity index (χ2v) is 12.3. The Bertz CT molecular complexity index is 970. The lowest BCUT2D eigenvalue weighted by molar-refractivity contribution is -0.124. The molecule has 0 bridgehead atoms. The van der Waals surface area contributed by atoms with Crippen LogP contribution >= 0.6 is 0 Å². The van der Waals surface area contributed by atoms with E-state index in [1.165, 1.54) is 0 Å². The smallest absolute Gasteiger partial charge is 0.227 e. The molecule has 0 aliphatic carbocycles. The van der Waals surface area contributed by atoms with Gasteiger partial charge in [-0.1, -0.05) is 33.3 Å². The molecule has 0 heterocycles. The topological polar surface area (TPSA) is 115 Å². The van der Waals surface area contributed by atoms with Gasteiger partial charge in [0.15, 0.2) is 11.5 Å². The molecule has 1 aromatic rings. The van der Waals surface area contributed by atoms with E-state index in [4.69, 9.17) is 19.0 Å². The number of unbranched alkanes of at least 4 members (excludes halogenated alkanes) is 2. The highest BCUT2D eigenvalue weighted by molar-refractivity contribution is 5.84. The average Bonchev–Trinajstić information content (AvgIpc) is 2.94. The molecule has 0 saturated carbocycles. The van der Waals surface area contributed by atoms with Gasteiger partial charge in [-0.25, -0.2) is 4.79 Å². The van der Waals surface area contributed by atoms with Crippen molar-refractivity contribution in [3.63, 3.8) is 0 Å². The third kappa shape index (κ3) is 13.7. The van der Waals surface area contributed by atoms with Crippen molar-refractivity contribution >= 4 is 11.8 Å². The monoisotopic (exact) mass is 592 g/mol. The summed E-state index contributed by atoms with van der Waals surface area (Å²) < 4.78 is 16.7. The van der Waals surface area contributed by atoms with Gasteiger partial charge in [0.2, 0.25) is 5.91 Å². The van der Waals surface area contributed by atoms with Crippen LogP contribution in [0.5, 0.6) is 11.5 Å². The summed E-state index contributed by atoms with van der Waals surface area (Å²) in [5.74, 6) is 2.46. The van der Waals surface area contributed by atoms with E-state index in [9.17, 15) is 14.7 Å². The lowest BCUT2D eigenvalue weighted by atomic mass is 9.81.